The Hall–Kier alpha value is -1.05. The van der Waals surface area contributed by atoms with Crippen LogP contribution in [0.2, 0.25) is 0 Å². The summed E-state index contributed by atoms with van der Waals surface area (Å²) in [6, 6.07) is 0. The van der Waals surface area contributed by atoms with Gasteiger partial charge in [0.1, 0.15) is 0 Å². The standard InChI is InChI=1S/C16H29NO/c1-2-3-4-5-6-7-8-9-10-11-12-13-14-15-17-16-18/h11-14,16H,2-10,15H2,1H3,(H,17,18)/b12-11+,14-13+. The van der Waals surface area contributed by atoms with Crippen molar-refractivity contribution in [1.82, 2.24) is 5.32 Å². The third-order valence-corrected chi connectivity index (χ3v) is 2.93. The van der Waals surface area contributed by atoms with Crippen molar-refractivity contribution >= 4 is 6.41 Å². The number of unbranched alkanes of at least 4 members (excludes halogenated alkanes) is 8. The molecule has 0 aromatic carbocycles. The van der Waals surface area contributed by atoms with Gasteiger partial charge in [-0.15, -0.1) is 0 Å². The van der Waals surface area contributed by atoms with Crippen molar-refractivity contribution in [2.75, 3.05) is 6.54 Å². The second-order valence-corrected chi connectivity index (χ2v) is 4.65. The molecule has 0 unspecified atom stereocenters. The third-order valence-electron chi connectivity index (χ3n) is 2.93. The zero-order valence-corrected chi connectivity index (χ0v) is 11.9. The van der Waals surface area contributed by atoms with E-state index in [4.69, 9.17) is 0 Å². The Balaban J connectivity index is 3.12. The molecule has 0 heterocycles. The van der Waals surface area contributed by atoms with Crippen LogP contribution in [0, 0.1) is 0 Å². The molecule has 18 heavy (non-hydrogen) atoms. The second kappa shape index (κ2) is 16.0. The number of carbonyl (C=O) groups is 1. The van der Waals surface area contributed by atoms with Crippen LogP contribution in [0.3, 0.4) is 0 Å². The maximum absolute atomic E-state index is 9.96. The molecule has 2 nitrogen and oxygen atoms in total. The zero-order chi connectivity index (χ0) is 13.3. The number of hydrogen-bond acceptors (Lipinski definition) is 1. The first-order valence-corrected chi connectivity index (χ1v) is 7.40. The lowest BCUT2D eigenvalue weighted by Crippen LogP contribution is -2.08. The molecule has 0 bridgehead atoms. The summed E-state index contributed by atoms with van der Waals surface area (Å²) >= 11 is 0. The normalized spacial score (nSPS) is 11.4. The van der Waals surface area contributed by atoms with E-state index in [0.29, 0.717) is 13.0 Å². The van der Waals surface area contributed by atoms with Gasteiger partial charge in [-0.1, -0.05) is 76.2 Å². The number of amides is 1. The van der Waals surface area contributed by atoms with Gasteiger partial charge in [-0.3, -0.25) is 4.79 Å². The Kier molecular flexibility index (Phi) is 15.0. The summed E-state index contributed by atoms with van der Waals surface area (Å²) < 4.78 is 0. The Bertz CT molecular complexity index is 221. The van der Waals surface area contributed by atoms with Crippen molar-refractivity contribution in [2.45, 2.75) is 64.7 Å². The van der Waals surface area contributed by atoms with E-state index >= 15 is 0 Å². The number of nitrogens with one attached hydrogen (secondary N) is 1. The Morgan fingerprint density at radius 2 is 1.44 bits per heavy atom. The lowest BCUT2D eigenvalue weighted by molar-refractivity contribution is -0.109. The highest BCUT2D eigenvalue weighted by molar-refractivity contribution is 5.46. The number of rotatable bonds is 13. The van der Waals surface area contributed by atoms with E-state index in [2.05, 4.69) is 24.4 Å². The van der Waals surface area contributed by atoms with Gasteiger partial charge in [0, 0.05) is 6.54 Å². The fourth-order valence-corrected chi connectivity index (χ4v) is 1.83. The largest absolute Gasteiger partial charge is 0.355 e. The Morgan fingerprint density at radius 1 is 0.833 bits per heavy atom. The number of allylic oxidation sites excluding steroid dienone is 3. The van der Waals surface area contributed by atoms with Gasteiger partial charge in [0.25, 0.3) is 0 Å². The SMILES string of the molecule is CCCCCCCCCC/C=C/C=C/CNC=O. The van der Waals surface area contributed by atoms with Gasteiger partial charge in [-0.05, 0) is 12.8 Å². The molecule has 1 amide bonds. The molecule has 0 spiro atoms. The average Bonchev–Trinajstić information content (AvgIpc) is 2.39. The molecule has 0 aliphatic heterocycles. The van der Waals surface area contributed by atoms with E-state index in [1.165, 1.54) is 57.8 Å². The molecule has 104 valence electrons. The van der Waals surface area contributed by atoms with E-state index in [-0.39, 0.29) is 0 Å². The molecule has 0 saturated carbocycles. The summed E-state index contributed by atoms with van der Waals surface area (Å²) in [7, 11) is 0. The average molecular weight is 251 g/mol. The van der Waals surface area contributed by atoms with Crippen molar-refractivity contribution in [2.24, 2.45) is 0 Å². The highest BCUT2D eigenvalue weighted by Gasteiger charge is 1.89. The molecule has 0 aliphatic carbocycles. The van der Waals surface area contributed by atoms with Crippen LogP contribution in [0.25, 0.3) is 0 Å². The van der Waals surface area contributed by atoms with Gasteiger partial charge < -0.3 is 5.32 Å². The van der Waals surface area contributed by atoms with E-state index in [1.54, 1.807) is 0 Å². The van der Waals surface area contributed by atoms with E-state index in [0.717, 1.165) is 0 Å². The van der Waals surface area contributed by atoms with Gasteiger partial charge in [-0.2, -0.15) is 0 Å². The molecule has 0 rings (SSSR count). The van der Waals surface area contributed by atoms with Crippen LogP contribution in [-0.4, -0.2) is 13.0 Å². The summed E-state index contributed by atoms with van der Waals surface area (Å²) in [5.74, 6) is 0. The van der Waals surface area contributed by atoms with Crippen molar-refractivity contribution < 1.29 is 4.79 Å². The van der Waals surface area contributed by atoms with E-state index in [9.17, 15) is 4.79 Å². The van der Waals surface area contributed by atoms with Gasteiger partial charge in [0.2, 0.25) is 6.41 Å². The highest BCUT2D eigenvalue weighted by atomic mass is 16.1. The summed E-state index contributed by atoms with van der Waals surface area (Å²) in [6.45, 7) is 2.88. The predicted octanol–water partition coefficient (Wildman–Crippen LogP) is 4.38. The molecule has 0 atom stereocenters. The van der Waals surface area contributed by atoms with E-state index < -0.39 is 0 Å². The second-order valence-electron chi connectivity index (χ2n) is 4.65. The van der Waals surface area contributed by atoms with Crippen molar-refractivity contribution in [3.05, 3.63) is 24.3 Å². The Labute approximate surface area is 113 Å². The maximum Gasteiger partial charge on any atom is 0.207 e. The third kappa shape index (κ3) is 14.9. The maximum atomic E-state index is 9.96. The van der Waals surface area contributed by atoms with Gasteiger partial charge in [0.15, 0.2) is 0 Å². The summed E-state index contributed by atoms with van der Waals surface area (Å²) in [5, 5.41) is 2.59. The molecule has 0 fully saturated rings. The lowest BCUT2D eigenvalue weighted by atomic mass is 10.1. The van der Waals surface area contributed by atoms with Crippen molar-refractivity contribution in [3.8, 4) is 0 Å². The van der Waals surface area contributed by atoms with Gasteiger partial charge in [-0.25, -0.2) is 0 Å². The first-order valence-electron chi connectivity index (χ1n) is 7.40. The molecule has 1 N–H and O–H groups in total. The lowest BCUT2D eigenvalue weighted by Gasteiger charge is -1.99. The molecule has 0 radical (unpaired) electrons. The minimum atomic E-state index is 0.617. The number of carbonyl (C=O) groups excluding carboxylic acids is 1. The molecular formula is C16H29NO. The summed E-state index contributed by atoms with van der Waals surface area (Å²) in [6.07, 6.45) is 21.1. The Morgan fingerprint density at radius 3 is 2.11 bits per heavy atom. The van der Waals surface area contributed by atoms with Crippen molar-refractivity contribution in [1.29, 1.82) is 0 Å². The van der Waals surface area contributed by atoms with Crippen LogP contribution >= 0.6 is 0 Å². The zero-order valence-electron chi connectivity index (χ0n) is 11.9. The first kappa shape index (κ1) is 16.9. The smallest absolute Gasteiger partial charge is 0.207 e. The van der Waals surface area contributed by atoms with Crippen LogP contribution in [0.15, 0.2) is 24.3 Å². The summed E-state index contributed by atoms with van der Waals surface area (Å²) in [5.41, 5.74) is 0. The highest BCUT2D eigenvalue weighted by Crippen LogP contribution is 2.09. The monoisotopic (exact) mass is 251 g/mol. The van der Waals surface area contributed by atoms with Crippen LogP contribution < -0.4 is 5.32 Å². The predicted molar refractivity (Wildman–Crippen MR) is 79.6 cm³/mol. The van der Waals surface area contributed by atoms with Crippen LogP contribution in [0.1, 0.15) is 64.7 Å². The van der Waals surface area contributed by atoms with Crippen LogP contribution in [0.4, 0.5) is 0 Å². The fraction of sp³-hybridized carbons (Fsp3) is 0.688. The minimum Gasteiger partial charge on any atom is -0.355 e. The fourth-order valence-electron chi connectivity index (χ4n) is 1.83. The van der Waals surface area contributed by atoms with Crippen LogP contribution in [0.5, 0.6) is 0 Å². The molecule has 2 heteroatoms. The molecule has 0 aromatic rings. The van der Waals surface area contributed by atoms with Crippen LogP contribution in [-0.2, 0) is 4.79 Å². The topological polar surface area (TPSA) is 29.1 Å². The number of hydrogen-bond donors (Lipinski definition) is 1. The molecule has 0 saturated heterocycles. The van der Waals surface area contributed by atoms with E-state index in [1.807, 2.05) is 12.2 Å². The molecule has 0 aromatic heterocycles. The quantitative estimate of drug-likeness (QED) is 0.294. The molecule has 0 aliphatic rings. The van der Waals surface area contributed by atoms with Crippen molar-refractivity contribution in [3.63, 3.8) is 0 Å². The first-order chi connectivity index (χ1) is 8.91. The summed E-state index contributed by atoms with van der Waals surface area (Å²) in [4.78, 5) is 9.96. The van der Waals surface area contributed by atoms with Gasteiger partial charge in [0.05, 0.1) is 0 Å². The minimum absolute atomic E-state index is 0.617. The molecular weight excluding hydrogens is 222 g/mol. The van der Waals surface area contributed by atoms with Gasteiger partial charge >= 0.3 is 0 Å².